The Morgan fingerprint density at radius 1 is 1.25 bits per heavy atom. The third-order valence-corrected chi connectivity index (χ3v) is 2.42. The monoisotopic (exact) mass is 223 g/mol. The van der Waals surface area contributed by atoms with Crippen molar-refractivity contribution in [3.63, 3.8) is 0 Å². The molecule has 0 bridgehead atoms. The second kappa shape index (κ2) is 6.51. The highest BCUT2D eigenvalue weighted by molar-refractivity contribution is 5.33. The Labute approximate surface area is 97.8 Å². The van der Waals surface area contributed by atoms with Crippen molar-refractivity contribution in [2.45, 2.75) is 26.4 Å². The van der Waals surface area contributed by atoms with Gasteiger partial charge in [-0.1, -0.05) is 6.07 Å². The average molecular weight is 223 g/mol. The van der Waals surface area contributed by atoms with Crippen LogP contribution in [0.25, 0.3) is 0 Å². The second-order valence-corrected chi connectivity index (χ2v) is 4.10. The molecule has 90 valence electrons. The quantitative estimate of drug-likeness (QED) is 0.801. The fourth-order valence-corrected chi connectivity index (χ4v) is 1.65. The summed E-state index contributed by atoms with van der Waals surface area (Å²) in [5.74, 6) is 0.913. The molecule has 3 heteroatoms. The molecule has 1 aromatic rings. The Hall–Kier alpha value is -1.06. The van der Waals surface area contributed by atoms with Gasteiger partial charge in [-0.25, -0.2) is 0 Å². The minimum Gasteiger partial charge on any atom is -0.497 e. The molecule has 0 spiro atoms. The molecule has 0 fully saturated rings. The molecule has 1 aromatic carbocycles. The molecule has 0 amide bonds. The maximum absolute atomic E-state index is 5.24. The highest BCUT2D eigenvalue weighted by atomic mass is 16.5. The van der Waals surface area contributed by atoms with Crippen LogP contribution in [-0.2, 0) is 11.3 Å². The molecule has 16 heavy (non-hydrogen) atoms. The van der Waals surface area contributed by atoms with E-state index >= 15 is 0 Å². The molecule has 1 atom stereocenters. The van der Waals surface area contributed by atoms with Gasteiger partial charge in [-0.15, -0.1) is 0 Å². The van der Waals surface area contributed by atoms with Crippen LogP contribution >= 0.6 is 0 Å². The van der Waals surface area contributed by atoms with Crippen LogP contribution in [0.3, 0.4) is 0 Å². The largest absolute Gasteiger partial charge is 0.497 e. The van der Waals surface area contributed by atoms with E-state index in [1.807, 2.05) is 6.07 Å². The minimum absolute atomic E-state index is 0.358. The number of hydrogen-bond donors (Lipinski definition) is 1. The zero-order valence-corrected chi connectivity index (χ0v) is 10.5. The van der Waals surface area contributed by atoms with E-state index in [4.69, 9.17) is 9.47 Å². The zero-order chi connectivity index (χ0) is 12.0. The molecule has 0 aliphatic heterocycles. The summed E-state index contributed by atoms with van der Waals surface area (Å²) in [6, 6.07) is 6.60. The molecule has 0 aliphatic rings. The first kappa shape index (κ1) is 13.0. The topological polar surface area (TPSA) is 30.5 Å². The fourth-order valence-electron chi connectivity index (χ4n) is 1.65. The van der Waals surface area contributed by atoms with Gasteiger partial charge in [-0.3, -0.25) is 0 Å². The van der Waals surface area contributed by atoms with E-state index in [9.17, 15) is 0 Å². The van der Waals surface area contributed by atoms with Gasteiger partial charge in [0.05, 0.1) is 13.7 Å². The second-order valence-electron chi connectivity index (χ2n) is 4.10. The first-order valence-corrected chi connectivity index (χ1v) is 5.52. The Kier molecular flexibility index (Phi) is 5.29. The van der Waals surface area contributed by atoms with Gasteiger partial charge in [0, 0.05) is 19.7 Å². The first-order valence-electron chi connectivity index (χ1n) is 5.52. The zero-order valence-electron chi connectivity index (χ0n) is 10.5. The fraction of sp³-hybridized carbons (Fsp3) is 0.538. The summed E-state index contributed by atoms with van der Waals surface area (Å²) in [7, 11) is 3.41. The number of nitrogens with one attached hydrogen (secondary N) is 1. The number of methoxy groups -OCH3 is 2. The molecule has 1 N–H and O–H groups in total. The lowest BCUT2D eigenvalue weighted by molar-refractivity contribution is 0.171. The van der Waals surface area contributed by atoms with Gasteiger partial charge in [0.25, 0.3) is 0 Å². The lowest BCUT2D eigenvalue weighted by Gasteiger charge is -2.13. The van der Waals surface area contributed by atoms with Crippen LogP contribution in [0.2, 0.25) is 0 Å². The third-order valence-electron chi connectivity index (χ3n) is 2.42. The van der Waals surface area contributed by atoms with Crippen LogP contribution < -0.4 is 10.1 Å². The predicted molar refractivity (Wildman–Crippen MR) is 65.9 cm³/mol. The maximum Gasteiger partial charge on any atom is 0.119 e. The van der Waals surface area contributed by atoms with Crippen LogP contribution in [0.4, 0.5) is 0 Å². The normalized spacial score (nSPS) is 12.5. The number of aryl methyl sites for hydroxylation is 1. The standard InChI is InChI=1S/C13H21NO2/c1-10-5-12(7-13(6-10)16-4)8-14-11(2)9-15-3/h5-7,11,14H,8-9H2,1-4H3. The molecular weight excluding hydrogens is 202 g/mol. The van der Waals surface area contributed by atoms with E-state index in [1.165, 1.54) is 11.1 Å². The van der Waals surface area contributed by atoms with Crippen LogP contribution in [-0.4, -0.2) is 26.9 Å². The Balaban J connectivity index is 2.56. The number of hydrogen-bond acceptors (Lipinski definition) is 3. The number of rotatable bonds is 6. The Bertz CT molecular complexity index is 326. The lowest BCUT2D eigenvalue weighted by atomic mass is 10.1. The molecule has 1 unspecified atom stereocenters. The van der Waals surface area contributed by atoms with Crippen molar-refractivity contribution in [2.75, 3.05) is 20.8 Å². The van der Waals surface area contributed by atoms with Crippen molar-refractivity contribution in [2.24, 2.45) is 0 Å². The van der Waals surface area contributed by atoms with E-state index in [1.54, 1.807) is 14.2 Å². The summed E-state index contributed by atoms with van der Waals surface area (Å²) >= 11 is 0. The molecule has 0 aromatic heterocycles. The van der Waals surface area contributed by atoms with Crippen molar-refractivity contribution in [1.29, 1.82) is 0 Å². The van der Waals surface area contributed by atoms with Gasteiger partial charge in [0.15, 0.2) is 0 Å². The number of benzene rings is 1. The summed E-state index contributed by atoms with van der Waals surface area (Å²) in [6.07, 6.45) is 0. The van der Waals surface area contributed by atoms with Gasteiger partial charge >= 0.3 is 0 Å². The van der Waals surface area contributed by atoms with E-state index in [0.717, 1.165) is 18.9 Å². The van der Waals surface area contributed by atoms with Crippen molar-refractivity contribution >= 4 is 0 Å². The van der Waals surface area contributed by atoms with E-state index in [-0.39, 0.29) is 0 Å². The van der Waals surface area contributed by atoms with Crippen molar-refractivity contribution in [1.82, 2.24) is 5.32 Å². The Morgan fingerprint density at radius 2 is 2.00 bits per heavy atom. The summed E-state index contributed by atoms with van der Waals surface area (Å²) in [5, 5.41) is 3.40. The van der Waals surface area contributed by atoms with Crippen molar-refractivity contribution < 1.29 is 9.47 Å². The van der Waals surface area contributed by atoms with Gasteiger partial charge in [0.1, 0.15) is 5.75 Å². The van der Waals surface area contributed by atoms with Gasteiger partial charge in [-0.2, -0.15) is 0 Å². The SMILES string of the molecule is COCC(C)NCc1cc(C)cc(OC)c1. The van der Waals surface area contributed by atoms with Gasteiger partial charge < -0.3 is 14.8 Å². The van der Waals surface area contributed by atoms with Crippen molar-refractivity contribution in [3.05, 3.63) is 29.3 Å². The van der Waals surface area contributed by atoms with Crippen LogP contribution in [0.1, 0.15) is 18.1 Å². The molecule has 1 rings (SSSR count). The third kappa shape index (κ3) is 4.21. The van der Waals surface area contributed by atoms with Crippen molar-refractivity contribution in [3.8, 4) is 5.75 Å². The van der Waals surface area contributed by atoms with Crippen LogP contribution in [0, 0.1) is 6.92 Å². The lowest BCUT2D eigenvalue weighted by Crippen LogP contribution is -2.29. The first-order chi connectivity index (χ1) is 7.65. The smallest absolute Gasteiger partial charge is 0.119 e. The molecule has 3 nitrogen and oxygen atoms in total. The molecular formula is C13H21NO2. The van der Waals surface area contributed by atoms with E-state index < -0.39 is 0 Å². The summed E-state index contributed by atoms with van der Waals surface area (Å²) in [6.45, 7) is 5.74. The number of ether oxygens (including phenoxy) is 2. The van der Waals surface area contributed by atoms with Crippen LogP contribution in [0.15, 0.2) is 18.2 Å². The summed E-state index contributed by atoms with van der Waals surface area (Å²) in [5.41, 5.74) is 2.45. The maximum atomic E-state index is 5.24. The van der Waals surface area contributed by atoms with Gasteiger partial charge in [0.2, 0.25) is 0 Å². The molecule has 0 saturated heterocycles. The van der Waals surface area contributed by atoms with Crippen LogP contribution in [0.5, 0.6) is 5.75 Å². The molecule has 0 aliphatic carbocycles. The highest BCUT2D eigenvalue weighted by Gasteiger charge is 2.02. The summed E-state index contributed by atoms with van der Waals surface area (Å²) < 4.78 is 10.3. The molecule has 0 saturated carbocycles. The molecule has 0 heterocycles. The van der Waals surface area contributed by atoms with E-state index in [2.05, 4.69) is 31.3 Å². The predicted octanol–water partition coefficient (Wildman–Crippen LogP) is 2.13. The summed E-state index contributed by atoms with van der Waals surface area (Å²) in [4.78, 5) is 0. The molecule has 0 radical (unpaired) electrons. The Morgan fingerprint density at radius 3 is 2.62 bits per heavy atom. The highest BCUT2D eigenvalue weighted by Crippen LogP contribution is 2.16. The minimum atomic E-state index is 0.358. The van der Waals surface area contributed by atoms with Gasteiger partial charge in [-0.05, 0) is 37.1 Å². The van der Waals surface area contributed by atoms with E-state index in [0.29, 0.717) is 6.04 Å². The average Bonchev–Trinajstić information content (AvgIpc) is 2.26.